The lowest BCUT2D eigenvalue weighted by molar-refractivity contribution is 0.628. The Balaban J connectivity index is 1.64. The lowest BCUT2D eigenvalue weighted by Crippen LogP contribution is -2.08. The van der Waals surface area contributed by atoms with E-state index in [2.05, 4.69) is 32.7 Å². The predicted molar refractivity (Wildman–Crippen MR) is 95.1 cm³/mol. The highest BCUT2D eigenvalue weighted by molar-refractivity contribution is 5.59. The minimum absolute atomic E-state index is 0.261. The molecule has 0 aliphatic carbocycles. The monoisotopic (exact) mass is 322 g/mol. The van der Waals surface area contributed by atoms with Crippen molar-refractivity contribution in [1.29, 1.82) is 0 Å². The number of benzene rings is 2. The molecule has 0 aliphatic rings. The van der Waals surface area contributed by atoms with E-state index in [1.807, 2.05) is 31.2 Å². The highest BCUT2D eigenvalue weighted by Gasteiger charge is 2.03. The van der Waals surface area contributed by atoms with Crippen LogP contribution in [-0.2, 0) is 6.42 Å². The van der Waals surface area contributed by atoms with Gasteiger partial charge in [-0.25, -0.2) is 14.4 Å². The van der Waals surface area contributed by atoms with Crippen LogP contribution in [0.25, 0.3) is 0 Å². The van der Waals surface area contributed by atoms with Gasteiger partial charge in [0.1, 0.15) is 23.3 Å². The van der Waals surface area contributed by atoms with E-state index < -0.39 is 0 Å². The van der Waals surface area contributed by atoms with E-state index in [4.69, 9.17) is 0 Å². The molecule has 3 aromatic rings. The number of aromatic nitrogens is 2. The average Bonchev–Trinajstić information content (AvgIpc) is 2.57. The van der Waals surface area contributed by atoms with E-state index in [0.717, 1.165) is 24.5 Å². The fraction of sp³-hybridized carbons (Fsp3) is 0.158. The van der Waals surface area contributed by atoms with Crippen molar-refractivity contribution in [3.05, 3.63) is 77.9 Å². The van der Waals surface area contributed by atoms with Crippen molar-refractivity contribution in [1.82, 2.24) is 9.97 Å². The summed E-state index contributed by atoms with van der Waals surface area (Å²) in [5.41, 5.74) is 2.06. The van der Waals surface area contributed by atoms with Gasteiger partial charge in [0.05, 0.1) is 0 Å². The molecular weight excluding hydrogens is 303 g/mol. The maximum absolute atomic E-state index is 13.0. The van der Waals surface area contributed by atoms with Crippen molar-refractivity contribution in [2.24, 2.45) is 0 Å². The maximum Gasteiger partial charge on any atom is 0.136 e. The molecule has 0 saturated carbocycles. The molecule has 0 fully saturated rings. The molecule has 2 aromatic carbocycles. The van der Waals surface area contributed by atoms with Gasteiger partial charge in [-0.2, -0.15) is 0 Å². The van der Waals surface area contributed by atoms with Crippen molar-refractivity contribution < 1.29 is 4.39 Å². The molecule has 122 valence electrons. The predicted octanol–water partition coefficient (Wildman–Crippen LogP) is 4.32. The first-order valence-corrected chi connectivity index (χ1v) is 7.85. The van der Waals surface area contributed by atoms with Gasteiger partial charge in [-0.1, -0.05) is 30.3 Å². The normalized spacial score (nSPS) is 10.4. The van der Waals surface area contributed by atoms with Crippen LogP contribution in [0.2, 0.25) is 0 Å². The molecule has 0 spiro atoms. The Kier molecular flexibility index (Phi) is 5.01. The molecule has 0 amide bonds. The quantitative estimate of drug-likeness (QED) is 0.709. The molecule has 2 N–H and O–H groups in total. The summed E-state index contributed by atoms with van der Waals surface area (Å²) in [5.74, 6) is 1.85. The Labute approximate surface area is 140 Å². The maximum atomic E-state index is 13.0. The third-order valence-electron chi connectivity index (χ3n) is 3.52. The molecule has 24 heavy (non-hydrogen) atoms. The first-order valence-electron chi connectivity index (χ1n) is 7.85. The molecule has 0 aliphatic heterocycles. The zero-order chi connectivity index (χ0) is 16.8. The molecule has 0 radical (unpaired) electrons. The molecule has 5 heteroatoms. The first kappa shape index (κ1) is 15.9. The van der Waals surface area contributed by atoms with Gasteiger partial charge in [-0.05, 0) is 43.2 Å². The van der Waals surface area contributed by atoms with Crippen LogP contribution in [0.5, 0.6) is 0 Å². The number of anilines is 3. The smallest absolute Gasteiger partial charge is 0.136 e. The number of hydrogen-bond donors (Lipinski definition) is 2. The summed E-state index contributed by atoms with van der Waals surface area (Å²) in [7, 11) is 0. The van der Waals surface area contributed by atoms with Crippen LogP contribution < -0.4 is 10.6 Å². The highest BCUT2D eigenvalue weighted by atomic mass is 19.1. The summed E-state index contributed by atoms with van der Waals surface area (Å²) in [6.45, 7) is 2.63. The van der Waals surface area contributed by atoms with Crippen LogP contribution in [0.15, 0.2) is 60.7 Å². The third kappa shape index (κ3) is 4.52. The molecular formula is C19H19FN4. The van der Waals surface area contributed by atoms with E-state index in [1.165, 1.54) is 17.7 Å². The Bertz CT molecular complexity index is 788. The lowest BCUT2D eigenvalue weighted by Gasteiger charge is -2.10. The van der Waals surface area contributed by atoms with Crippen molar-refractivity contribution in [3.63, 3.8) is 0 Å². The van der Waals surface area contributed by atoms with Gasteiger partial charge in [0.25, 0.3) is 0 Å². The molecule has 0 unspecified atom stereocenters. The number of halogens is 1. The number of aryl methyl sites for hydroxylation is 1. The van der Waals surface area contributed by atoms with Crippen LogP contribution in [0.1, 0.15) is 11.4 Å². The van der Waals surface area contributed by atoms with Crippen molar-refractivity contribution in [2.75, 3.05) is 17.2 Å². The number of nitrogens with one attached hydrogen (secondary N) is 2. The van der Waals surface area contributed by atoms with Crippen molar-refractivity contribution >= 4 is 17.3 Å². The first-order chi connectivity index (χ1) is 11.7. The van der Waals surface area contributed by atoms with E-state index in [1.54, 1.807) is 12.1 Å². The van der Waals surface area contributed by atoms with Gasteiger partial charge >= 0.3 is 0 Å². The summed E-state index contributed by atoms with van der Waals surface area (Å²) in [4.78, 5) is 8.76. The second-order valence-corrected chi connectivity index (χ2v) is 5.48. The zero-order valence-electron chi connectivity index (χ0n) is 13.5. The largest absolute Gasteiger partial charge is 0.370 e. The standard InChI is InChI=1S/C19H19FN4/c1-14-22-18(21-12-11-15-5-3-2-4-6-15)13-19(23-14)24-17-9-7-16(20)8-10-17/h2-10,13H,11-12H2,1H3,(H2,21,22,23,24). The van der Waals surface area contributed by atoms with Crippen LogP contribution in [0, 0.1) is 12.7 Å². The molecule has 1 aromatic heterocycles. The van der Waals surface area contributed by atoms with Gasteiger partial charge in [-0.3, -0.25) is 0 Å². The topological polar surface area (TPSA) is 49.8 Å². The molecule has 0 atom stereocenters. The van der Waals surface area contributed by atoms with Crippen LogP contribution >= 0.6 is 0 Å². The SMILES string of the molecule is Cc1nc(NCCc2ccccc2)cc(Nc2ccc(F)cc2)n1. The minimum Gasteiger partial charge on any atom is -0.370 e. The Morgan fingerprint density at radius 1 is 0.917 bits per heavy atom. The molecule has 3 rings (SSSR count). The highest BCUT2D eigenvalue weighted by Crippen LogP contribution is 2.17. The summed E-state index contributed by atoms with van der Waals surface area (Å²) in [6, 6.07) is 18.3. The van der Waals surface area contributed by atoms with Crippen LogP contribution in [-0.4, -0.2) is 16.5 Å². The van der Waals surface area contributed by atoms with E-state index in [0.29, 0.717) is 11.6 Å². The summed E-state index contributed by atoms with van der Waals surface area (Å²) in [5, 5.41) is 6.48. The van der Waals surface area contributed by atoms with Gasteiger partial charge in [0.2, 0.25) is 0 Å². The van der Waals surface area contributed by atoms with Crippen molar-refractivity contribution in [3.8, 4) is 0 Å². The average molecular weight is 322 g/mol. The third-order valence-corrected chi connectivity index (χ3v) is 3.52. The number of rotatable bonds is 6. The zero-order valence-corrected chi connectivity index (χ0v) is 13.5. The Morgan fingerprint density at radius 3 is 2.38 bits per heavy atom. The van der Waals surface area contributed by atoms with Crippen molar-refractivity contribution in [2.45, 2.75) is 13.3 Å². The minimum atomic E-state index is -0.261. The molecule has 0 bridgehead atoms. The van der Waals surface area contributed by atoms with Gasteiger partial charge in [0.15, 0.2) is 0 Å². The van der Waals surface area contributed by atoms with Gasteiger partial charge in [-0.15, -0.1) is 0 Å². The molecule has 4 nitrogen and oxygen atoms in total. The second kappa shape index (κ2) is 7.55. The van der Waals surface area contributed by atoms with Gasteiger partial charge in [0, 0.05) is 18.3 Å². The molecule has 0 saturated heterocycles. The Morgan fingerprint density at radius 2 is 1.62 bits per heavy atom. The fourth-order valence-electron chi connectivity index (χ4n) is 2.38. The van der Waals surface area contributed by atoms with E-state index in [-0.39, 0.29) is 5.82 Å². The van der Waals surface area contributed by atoms with E-state index >= 15 is 0 Å². The Hall–Kier alpha value is -2.95. The fourth-order valence-corrected chi connectivity index (χ4v) is 2.38. The lowest BCUT2D eigenvalue weighted by atomic mass is 10.1. The summed E-state index contributed by atoms with van der Waals surface area (Å²) in [6.07, 6.45) is 0.921. The van der Waals surface area contributed by atoms with Crippen LogP contribution in [0.4, 0.5) is 21.7 Å². The van der Waals surface area contributed by atoms with E-state index in [9.17, 15) is 4.39 Å². The summed E-state index contributed by atoms with van der Waals surface area (Å²) >= 11 is 0. The number of hydrogen-bond acceptors (Lipinski definition) is 4. The van der Waals surface area contributed by atoms with Gasteiger partial charge < -0.3 is 10.6 Å². The van der Waals surface area contributed by atoms with Crippen LogP contribution in [0.3, 0.4) is 0 Å². The molecule has 1 heterocycles. The number of nitrogens with zero attached hydrogens (tertiary/aromatic N) is 2. The second-order valence-electron chi connectivity index (χ2n) is 5.48. The summed E-state index contributed by atoms with van der Waals surface area (Å²) < 4.78 is 13.0.